The summed E-state index contributed by atoms with van der Waals surface area (Å²) in [7, 11) is 0. The van der Waals surface area contributed by atoms with Crippen LogP contribution in [-0.4, -0.2) is 127 Å². The molecule has 0 radical (unpaired) electrons. The van der Waals surface area contributed by atoms with E-state index in [1.165, 1.54) is 18.2 Å². The molecule has 0 saturated carbocycles. The second-order valence-electron chi connectivity index (χ2n) is 8.78. The Morgan fingerprint density at radius 2 is 0.725 bits per heavy atom. The topological polar surface area (TPSA) is 149 Å². The summed E-state index contributed by atoms with van der Waals surface area (Å²) in [4.78, 5) is 39.2. The summed E-state index contributed by atoms with van der Waals surface area (Å²) in [5, 5.41) is 27.4. The summed E-state index contributed by atoms with van der Waals surface area (Å²) < 4.78 is 15.3. The first kappa shape index (κ1) is 37.4. The summed E-state index contributed by atoms with van der Waals surface area (Å²) in [5.74, 6) is 0.0393. The molecule has 3 fully saturated rings. The molecule has 3 amide bonds. The van der Waals surface area contributed by atoms with Crippen LogP contribution in [0.3, 0.4) is 0 Å². The second-order valence-corrected chi connectivity index (χ2v) is 8.78. The molecule has 3 aliphatic rings. The van der Waals surface area contributed by atoms with Gasteiger partial charge in [-0.15, -0.1) is 0 Å². The number of nitrogens with zero attached hydrogens (tertiary/aromatic N) is 3. The summed E-state index contributed by atoms with van der Waals surface area (Å²) in [5.41, 5.74) is 0. The molecule has 3 N–H and O–H groups in total. The third-order valence-corrected chi connectivity index (χ3v) is 5.93. The number of aliphatic hydroxyl groups is 3. The molecule has 0 spiro atoms. The Morgan fingerprint density at radius 1 is 0.525 bits per heavy atom. The number of carbonyl (C=O) groups excluding carboxylic acids is 3. The minimum absolute atomic E-state index is 0. The van der Waals surface area contributed by atoms with Crippen molar-refractivity contribution in [3.8, 4) is 0 Å². The SMILES string of the molecule is CCC(O)=CC(=O)N1CCOCC1.CCC(O)=CC(=O)N1CCOCC1.CCC(O)=CC(=O)N1CCOCC1.[Fe]. The molecule has 0 unspecified atom stereocenters. The number of hydrogen-bond donors (Lipinski definition) is 3. The molecule has 12 nitrogen and oxygen atoms in total. The van der Waals surface area contributed by atoms with Gasteiger partial charge in [-0.3, -0.25) is 14.4 Å². The molecule has 0 aromatic carbocycles. The van der Waals surface area contributed by atoms with Crippen LogP contribution in [0.15, 0.2) is 35.5 Å². The standard InChI is InChI=1S/3C9H15NO3.Fe/c3*1-2-8(11)7-9(12)10-3-5-13-6-4-10;/h3*7,11H,2-6H2,1H3;. The van der Waals surface area contributed by atoms with Crippen LogP contribution in [0.5, 0.6) is 0 Å². The maximum Gasteiger partial charge on any atom is 0.250 e. The average Bonchev–Trinajstić information content (AvgIpc) is 2.98. The van der Waals surface area contributed by atoms with E-state index in [0.717, 1.165) is 0 Å². The van der Waals surface area contributed by atoms with Gasteiger partial charge in [0.1, 0.15) is 0 Å². The monoisotopic (exact) mass is 611 g/mol. The molecule has 3 aliphatic heterocycles. The van der Waals surface area contributed by atoms with Gasteiger partial charge in [-0.25, -0.2) is 0 Å². The maximum absolute atomic E-state index is 11.4. The van der Waals surface area contributed by atoms with Crippen molar-refractivity contribution in [2.75, 3.05) is 78.9 Å². The molecular weight excluding hydrogens is 566 g/mol. The van der Waals surface area contributed by atoms with Gasteiger partial charge >= 0.3 is 0 Å². The van der Waals surface area contributed by atoms with E-state index in [1.807, 2.05) is 0 Å². The zero-order chi connectivity index (χ0) is 29.0. The van der Waals surface area contributed by atoms with E-state index < -0.39 is 0 Å². The van der Waals surface area contributed by atoms with Gasteiger partial charge in [0.15, 0.2) is 0 Å². The van der Waals surface area contributed by atoms with Crippen molar-refractivity contribution in [3.63, 3.8) is 0 Å². The average molecular weight is 612 g/mol. The van der Waals surface area contributed by atoms with Crippen molar-refractivity contribution in [2.45, 2.75) is 40.0 Å². The van der Waals surface area contributed by atoms with E-state index >= 15 is 0 Å². The minimum atomic E-state index is -0.123. The Bertz CT molecular complexity index is 737. The zero-order valence-electron chi connectivity index (χ0n) is 23.8. The first-order chi connectivity index (χ1) is 18.7. The number of carbonyl (C=O) groups is 3. The number of allylic oxidation sites excluding steroid dienone is 3. The number of rotatable bonds is 6. The van der Waals surface area contributed by atoms with Crippen molar-refractivity contribution in [3.05, 3.63) is 35.5 Å². The predicted molar refractivity (Wildman–Crippen MR) is 145 cm³/mol. The van der Waals surface area contributed by atoms with E-state index in [2.05, 4.69) is 0 Å². The Hall–Kier alpha value is -2.57. The molecule has 0 aliphatic carbocycles. The third kappa shape index (κ3) is 15.9. The largest absolute Gasteiger partial charge is 0.512 e. The van der Waals surface area contributed by atoms with Crippen LogP contribution in [0, 0.1) is 0 Å². The summed E-state index contributed by atoms with van der Waals surface area (Å²) in [6.45, 7) is 12.7. The zero-order valence-corrected chi connectivity index (χ0v) is 24.9. The summed E-state index contributed by atoms with van der Waals surface area (Å²) in [6, 6.07) is 0. The van der Waals surface area contributed by atoms with Crippen LogP contribution in [0.2, 0.25) is 0 Å². The fourth-order valence-electron chi connectivity index (χ4n) is 3.36. The van der Waals surface area contributed by atoms with Crippen molar-refractivity contribution in [1.29, 1.82) is 0 Å². The van der Waals surface area contributed by atoms with Crippen molar-refractivity contribution >= 4 is 17.7 Å². The van der Waals surface area contributed by atoms with Crippen molar-refractivity contribution in [2.24, 2.45) is 0 Å². The molecular formula is C27H45FeN3O9. The molecule has 0 atom stereocenters. The fourth-order valence-corrected chi connectivity index (χ4v) is 3.36. The maximum atomic E-state index is 11.4. The summed E-state index contributed by atoms with van der Waals surface area (Å²) >= 11 is 0. The number of aliphatic hydroxyl groups excluding tert-OH is 3. The summed E-state index contributed by atoms with van der Waals surface area (Å²) in [6.07, 6.45) is 5.34. The van der Waals surface area contributed by atoms with Gasteiger partial charge in [-0.2, -0.15) is 0 Å². The minimum Gasteiger partial charge on any atom is -0.512 e. The fraction of sp³-hybridized carbons (Fsp3) is 0.667. The van der Waals surface area contributed by atoms with E-state index in [0.29, 0.717) is 98.2 Å². The molecule has 3 saturated heterocycles. The van der Waals surface area contributed by atoms with Gasteiger partial charge in [0, 0.05) is 93.8 Å². The normalized spacial score (nSPS) is 18.4. The van der Waals surface area contributed by atoms with Gasteiger partial charge in [0.25, 0.3) is 0 Å². The first-order valence-corrected chi connectivity index (χ1v) is 13.5. The van der Waals surface area contributed by atoms with Crippen LogP contribution in [0.25, 0.3) is 0 Å². The van der Waals surface area contributed by atoms with E-state index in [-0.39, 0.29) is 52.1 Å². The quantitative estimate of drug-likeness (QED) is 0.233. The first-order valence-electron chi connectivity index (χ1n) is 13.5. The Balaban J connectivity index is 0.000000563. The molecule has 3 rings (SSSR count). The number of hydrogen-bond acceptors (Lipinski definition) is 9. The van der Waals surface area contributed by atoms with Crippen LogP contribution >= 0.6 is 0 Å². The number of amides is 3. The Kier molecular flexibility index (Phi) is 20.7. The van der Waals surface area contributed by atoms with Crippen LogP contribution in [0.4, 0.5) is 0 Å². The number of morpholine rings is 3. The van der Waals surface area contributed by atoms with Crippen LogP contribution in [-0.2, 0) is 45.7 Å². The van der Waals surface area contributed by atoms with E-state index in [9.17, 15) is 14.4 Å². The van der Waals surface area contributed by atoms with Gasteiger partial charge in [-0.05, 0) is 0 Å². The van der Waals surface area contributed by atoms with Crippen LogP contribution < -0.4 is 0 Å². The Labute approximate surface area is 247 Å². The van der Waals surface area contributed by atoms with E-state index in [1.54, 1.807) is 35.5 Å². The van der Waals surface area contributed by atoms with Crippen LogP contribution in [0.1, 0.15) is 40.0 Å². The van der Waals surface area contributed by atoms with Gasteiger partial charge in [-0.1, -0.05) is 20.8 Å². The molecule has 0 aromatic rings. The molecule has 230 valence electrons. The molecule has 40 heavy (non-hydrogen) atoms. The predicted octanol–water partition coefficient (Wildman–Crippen LogP) is 2.09. The Morgan fingerprint density at radius 3 is 0.900 bits per heavy atom. The van der Waals surface area contributed by atoms with Gasteiger partial charge < -0.3 is 44.2 Å². The smallest absolute Gasteiger partial charge is 0.250 e. The molecule has 0 bridgehead atoms. The molecule has 13 heteroatoms. The molecule has 0 aromatic heterocycles. The van der Waals surface area contributed by atoms with Crippen molar-refractivity contribution < 1.29 is 61.0 Å². The third-order valence-electron chi connectivity index (χ3n) is 5.93. The van der Waals surface area contributed by atoms with Crippen molar-refractivity contribution in [1.82, 2.24) is 14.7 Å². The van der Waals surface area contributed by atoms with Gasteiger partial charge in [0.05, 0.1) is 56.9 Å². The van der Waals surface area contributed by atoms with Gasteiger partial charge in [0.2, 0.25) is 17.7 Å². The second kappa shape index (κ2) is 22.2. The number of ether oxygens (including phenoxy) is 3. The molecule has 3 heterocycles. The van der Waals surface area contributed by atoms with E-state index in [4.69, 9.17) is 29.5 Å².